The van der Waals surface area contributed by atoms with E-state index in [0.29, 0.717) is 13.0 Å². The minimum Gasteiger partial charge on any atom is -0.298 e. The quantitative estimate of drug-likeness (QED) is 0.697. The molecule has 1 aromatic carbocycles. The van der Waals surface area contributed by atoms with E-state index in [1.165, 1.54) is 12.8 Å². The highest BCUT2D eigenvalue weighted by atomic mass is 16.1. The summed E-state index contributed by atoms with van der Waals surface area (Å²) in [6, 6.07) is 8.16. The van der Waals surface area contributed by atoms with E-state index in [1.807, 2.05) is 37.6 Å². The molecule has 1 aliphatic rings. The first kappa shape index (κ1) is 17.8. The number of likely N-dealkylation sites (tertiary alicyclic amines) is 1. The third kappa shape index (κ3) is 4.22. The predicted molar refractivity (Wildman–Crippen MR) is 105 cm³/mol. The van der Waals surface area contributed by atoms with Gasteiger partial charge in [0.1, 0.15) is 5.69 Å². The molecule has 1 aliphatic heterocycles. The Labute approximate surface area is 159 Å². The lowest BCUT2D eigenvalue weighted by atomic mass is 9.99. The summed E-state index contributed by atoms with van der Waals surface area (Å²) in [4.78, 5) is 19.2. The highest BCUT2D eigenvalue weighted by Gasteiger charge is 2.18. The Balaban J connectivity index is 1.48. The lowest BCUT2D eigenvalue weighted by Crippen LogP contribution is -2.37. The average molecular weight is 363 g/mol. The molecule has 0 bridgehead atoms. The first-order valence-corrected chi connectivity index (χ1v) is 9.56. The van der Waals surface area contributed by atoms with Crippen molar-refractivity contribution in [3.63, 3.8) is 0 Å². The van der Waals surface area contributed by atoms with Crippen LogP contribution in [0, 0.1) is 5.92 Å². The van der Waals surface area contributed by atoms with Crippen LogP contribution in [0.3, 0.4) is 0 Å². The lowest BCUT2D eigenvalue weighted by molar-refractivity contribution is -0.119. The van der Waals surface area contributed by atoms with Crippen LogP contribution in [-0.4, -0.2) is 50.3 Å². The van der Waals surface area contributed by atoms with Crippen molar-refractivity contribution in [1.82, 2.24) is 24.9 Å². The zero-order valence-corrected chi connectivity index (χ0v) is 15.9. The number of hydrogen-bond acceptors (Lipinski definition) is 5. The van der Waals surface area contributed by atoms with Crippen molar-refractivity contribution in [2.75, 3.05) is 19.6 Å². The van der Waals surface area contributed by atoms with E-state index in [9.17, 15) is 4.79 Å². The molecule has 3 aromatic rings. The summed E-state index contributed by atoms with van der Waals surface area (Å²) in [6.45, 7) is 4.87. The monoisotopic (exact) mass is 363 g/mol. The van der Waals surface area contributed by atoms with E-state index in [1.54, 1.807) is 4.68 Å². The second-order valence-corrected chi connectivity index (χ2v) is 7.69. The maximum atomic E-state index is 12.5. The number of aromatic nitrogens is 4. The number of pyridine rings is 1. The zero-order chi connectivity index (χ0) is 18.8. The van der Waals surface area contributed by atoms with Crippen LogP contribution in [0.25, 0.3) is 22.0 Å². The predicted octanol–water partition coefficient (Wildman–Crippen LogP) is 2.87. The first-order chi connectivity index (χ1) is 13.1. The number of hydrogen-bond donors (Lipinski definition) is 0. The number of rotatable bonds is 5. The van der Waals surface area contributed by atoms with Crippen LogP contribution in [-0.2, 0) is 18.3 Å². The Morgan fingerprint density at radius 1 is 1.19 bits per heavy atom. The molecule has 3 heterocycles. The molecule has 140 valence electrons. The fraction of sp³-hybridized carbons (Fsp3) is 0.429. The van der Waals surface area contributed by atoms with Gasteiger partial charge in [0.2, 0.25) is 0 Å². The molecule has 0 amide bonds. The number of piperidine rings is 1. The summed E-state index contributed by atoms with van der Waals surface area (Å²) in [7, 11) is 1.86. The highest BCUT2D eigenvalue weighted by Crippen LogP contribution is 2.23. The molecule has 2 aromatic heterocycles. The van der Waals surface area contributed by atoms with Gasteiger partial charge in [0.05, 0.1) is 19.2 Å². The van der Waals surface area contributed by atoms with Crippen molar-refractivity contribution in [1.29, 1.82) is 0 Å². The van der Waals surface area contributed by atoms with E-state index in [0.717, 1.165) is 46.7 Å². The molecule has 1 fully saturated rings. The molecule has 0 spiro atoms. The minimum absolute atomic E-state index is 0.237. The molecule has 0 unspecified atom stereocenters. The average Bonchev–Trinajstić information content (AvgIpc) is 3.09. The SMILES string of the molecule is CC1CCN(CC(=O)Cc2cc3cc(-c4cn(C)nn4)ccc3cn2)CC1. The minimum atomic E-state index is 0.237. The fourth-order valence-electron chi connectivity index (χ4n) is 3.65. The Morgan fingerprint density at radius 2 is 2.00 bits per heavy atom. The van der Waals surface area contributed by atoms with Crippen LogP contribution in [0.4, 0.5) is 0 Å². The molecule has 0 radical (unpaired) electrons. The van der Waals surface area contributed by atoms with Gasteiger partial charge < -0.3 is 0 Å². The molecule has 1 saturated heterocycles. The van der Waals surface area contributed by atoms with Gasteiger partial charge in [-0.15, -0.1) is 5.10 Å². The van der Waals surface area contributed by atoms with Gasteiger partial charge in [-0.25, -0.2) is 0 Å². The molecule has 0 atom stereocenters. The Hall–Kier alpha value is -2.60. The van der Waals surface area contributed by atoms with E-state index in [-0.39, 0.29) is 5.78 Å². The van der Waals surface area contributed by atoms with Crippen LogP contribution >= 0.6 is 0 Å². The summed E-state index contributed by atoms with van der Waals surface area (Å²) in [6.07, 6.45) is 6.50. The largest absolute Gasteiger partial charge is 0.298 e. The van der Waals surface area contributed by atoms with Gasteiger partial charge in [-0.3, -0.25) is 19.4 Å². The number of carbonyl (C=O) groups is 1. The van der Waals surface area contributed by atoms with Gasteiger partial charge in [-0.1, -0.05) is 24.3 Å². The maximum absolute atomic E-state index is 12.5. The second kappa shape index (κ2) is 7.56. The first-order valence-electron chi connectivity index (χ1n) is 9.56. The number of aryl methyl sites for hydroxylation is 1. The van der Waals surface area contributed by atoms with E-state index < -0.39 is 0 Å². The smallest absolute Gasteiger partial charge is 0.152 e. The van der Waals surface area contributed by atoms with Crippen molar-refractivity contribution < 1.29 is 4.79 Å². The number of nitrogens with zero attached hydrogens (tertiary/aromatic N) is 5. The molecule has 27 heavy (non-hydrogen) atoms. The molecule has 4 rings (SSSR count). The van der Waals surface area contributed by atoms with Gasteiger partial charge >= 0.3 is 0 Å². The van der Waals surface area contributed by atoms with Crippen molar-refractivity contribution in [2.45, 2.75) is 26.2 Å². The van der Waals surface area contributed by atoms with Gasteiger partial charge in [0.25, 0.3) is 0 Å². The van der Waals surface area contributed by atoms with Crippen molar-refractivity contribution in [3.05, 3.63) is 42.4 Å². The normalized spacial score (nSPS) is 16.1. The third-order valence-corrected chi connectivity index (χ3v) is 5.33. The van der Waals surface area contributed by atoms with Crippen LogP contribution in [0.2, 0.25) is 0 Å². The van der Waals surface area contributed by atoms with E-state index in [2.05, 4.69) is 33.2 Å². The Morgan fingerprint density at radius 3 is 2.74 bits per heavy atom. The van der Waals surface area contributed by atoms with Gasteiger partial charge in [-0.05, 0) is 49.4 Å². The second-order valence-electron chi connectivity index (χ2n) is 7.69. The molecular formula is C21H25N5O. The lowest BCUT2D eigenvalue weighted by Gasteiger charge is -2.29. The molecule has 0 saturated carbocycles. The summed E-state index contributed by atoms with van der Waals surface area (Å²) < 4.78 is 1.69. The molecule has 0 aliphatic carbocycles. The molecule has 6 nitrogen and oxygen atoms in total. The standard InChI is InChI=1S/C21H25N5O/c1-15-5-7-26(8-6-15)13-20(27)11-19-10-18-9-16(3-4-17(18)12-22-19)21-14-25(2)24-23-21/h3-4,9-10,12,14-15H,5-8,11,13H2,1-2H3. The number of ketones is 1. The van der Waals surface area contributed by atoms with Gasteiger partial charge in [0, 0.05) is 29.9 Å². The maximum Gasteiger partial charge on any atom is 0.152 e. The summed E-state index contributed by atoms with van der Waals surface area (Å²) in [5, 5.41) is 10.3. The van der Waals surface area contributed by atoms with E-state index in [4.69, 9.17) is 0 Å². The molecular weight excluding hydrogens is 338 g/mol. The van der Waals surface area contributed by atoms with Crippen LogP contribution in [0.15, 0.2) is 36.7 Å². The van der Waals surface area contributed by atoms with Crippen molar-refractivity contribution in [2.24, 2.45) is 13.0 Å². The summed E-state index contributed by atoms with van der Waals surface area (Å²) in [5.41, 5.74) is 2.68. The number of fused-ring (bicyclic) bond motifs is 1. The fourth-order valence-corrected chi connectivity index (χ4v) is 3.65. The van der Waals surface area contributed by atoms with Gasteiger partial charge in [0.15, 0.2) is 5.78 Å². The van der Waals surface area contributed by atoms with Crippen LogP contribution in [0.1, 0.15) is 25.5 Å². The number of carbonyl (C=O) groups excluding carboxylic acids is 1. The van der Waals surface area contributed by atoms with Crippen molar-refractivity contribution in [3.8, 4) is 11.3 Å². The zero-order valence-electron chi connectivity index (χ0n) is 15.9. The number of benzene rings is 1. The van der Waals surface area contributed by atoms with Crippen LogP contribution < -0.4 is 0 Å². The Bertz CT molecular complexity index is 956. The summed E-state index contributed by atoms with van der Waals surface area (Å²) in [5.74, 6) is 1.02. The number of Topliss-reactive ketones (excluding diaryl/α,β-unsaturated/α-hetero) is 1. The van der Waals surface area contributed by atoms with Crippen LogP contribution in [0.5, 0.6) is 0 Å². The topological polar surface area (TPSA) is 63.9 Å². The molecule has 0 N–H and O–H groups in total. The molecule has 6 heteroatoms. The van der Waals surface area contributed by atoms with Gasteiger partial charge in [-0.2, -0.15) is 0 Å². The Kier molecular flexibility index (Phi) is 4.99. The van der Waals surface area contributed by atoms with Crippen molar-refractivity contribution >= 4 is 16.6 Å². The summed E-state index contributed by atoms with van der Waals surface area (Å²) >= 11 is 0. The van der Waals surface area contributed by atoms with E-state index >= 15 is 0 Å². The third-order valence-electron chi connectivity index (χ3n) is 5.33. The highest BCUT2D eigenvalue weighted by molar-refractivity contribution is 5.88.